The summed E-state index contributed by atoms with van der Waals surface area (Å²) in [7, 11) is 1.43. The average molecular weight is 243 g/mol. The first-order valence-electron chi connectivity index (χ1n) is 4.55. The number of carboxylic acid groups (broad SMARTS) is 1. The van der Waals surface area contributed by atoms with E-state index in [0.29, 0.717) is 5.56 Å². The molecule has 1 rings (SSSR count). The van der Waals surface area contributed by atoms with E-state index in [4.69, 9.17) is 16.7 Å². The Bertz CT molecular complexity index is 405. The van der Waals surface area contributed by atoms with E-state index in [1.807, 2.05) is 0 Å². The third-order valence-electron chi connectivity index (χ3n) is 2.23. The molecule has 0 radical (unpaired) electrons. The smallest absolute Gasteiger partial charge is 0.326 e. The van der Waals surface area contributed by atoms with Gasteiger partial charge >= 0.3 is 5.97 Å². The Kier molecular flexibility index (Phi) is 3.84. The Hall–Kier alpha value is -1.62. The van der Waals surface area contributed by atoms with Crippen molar-refractivity contribution in [1.82, 2.24) is 9.88 Å². The van der Waals surface area contributed by atoms with Crippen molar-refractivity contribution in [1.29, 1.82) is 0 Å². The summed E-state index contributed by atoms with van der Waals surface area (Å²) in [4.78, 5) is 27.4. The van der Waals surface area contributed by atoms with Gasteiger partial charge in [0.1, 0.15) is 11.2 Å². The molecular weight excluding hydrogens is 232 g/mol. The Morgan fingerprint density at radius 3 is 2.56 bits per heavy atom. The number of hydrogen-bond acceptors (Lipinski definition) is 3. The summed E-state index contributed by atoms with van der Waals surface area (Å²) in [6.45, 7) is 1.43. The van der Waals surface area contributed by atoms with E-state index in [-0.39, 0.29) is 5.15 Å². The van der Waals surface area contributed by atoms with E-state index < -0.39 is 17.9 Å². The van der Waals surface area contributed by atoms with E-state index in [9.17, 15) is 9.59 Å². The first-order chi connectivity index (χ1) is 7.43. The van der Waals surface area contributed by atoms with Gasteiger partial charge in [-0.2, -0.15) is 0 Å². The average Bonchev–Trinajstić information content (AvgIpc) is 2.27. The molecule has 0 fully saturated rings. The van der Waals surface area contributed by atoms with Crippen LogP contribution in [0.5, 0.6) is 0 Å². The first-order valence-corrected chi connectivity index (χ1v) is 4.93. The number of nitrogens with zero attached hydrogens (tertiary/aromatic N) is 2. The van der Waals surface area contributed by atoms with E-state index in [1.54, 1.807) is 0 Å². The molecule has 16 heavy (non-hydrogen) atoms. The minimum atomic E-state index is -1.06. The standard InChI is InChI=1S/C10H11ClN2O3/c1-6(10(15)16)13(2)9(14)7-3-4-8(11)12-5-7/h3-6H,1-2H3,(H,15,16)/t6-/m0/s1. The number of rotatable bonds is 3. The van der Waals surface area contributed by atoms with Gasteiger partial charge in [0.2, 0.25) is 0 Å². The van der Waals surface area contributed by atoms with Crippen LogP contribution in [0.4, 0.5) is 0 Å². The van der Waals surface area contributed by atoms with Gasteiger partial charge in [-0.3, -0.25) is 4.79 Å². The van der Waals surface area contributed by atoms with Crippen molar-refractivity contribution in [3.05, 3.63) is 29.0 Å². The number of likely N-dealkylation sites (N-methyl/N-ethyl adjacent to an activating group) is 1. The number of carbonyl (C=O) groups excluding carboxylic acids is 1. The molecule has 0 aliphatic rings. The van der Waals surface area contributed by atoms with Gasteiger partial charge in [-0.25, -0.2) is 9.78 Å². The number of pyridine rings is 1. The predicted molar refractivity (Wildman–Crippen MR) is 58.4 cm³/mol. The lowest BCUT2D eigenvalue weighted by Crippen LogP contribution is -2.40. The highest BCUT2D eigenvalue weighted by molar-refractivity contribution is 6.29. The zero-order valence-electron chi connectivity index (χ0n) is 8.85. The number of aromatic nitrogens is 1. The second kappa shape index (κ2) is 4.94. The molecule has 0 unspecified atom stereocenters. The van der Waals surface area contributed by atoms with Crippen LogP contribution in [0.15, 0.2) is 18.3 Å². The molecule has 0 saturated carbocycles. The highest BCUT2D eigenvalue weighted by Gasteiger charge is 2.22. The van der Waals surface area contributed by atoms with Gasteiger partial charge in [0.15, 0.2) is 0 Å². The zero-order valence-corrected chi connectivity index (χ0v) is 9.60. The predicted octanol–water partition coefficient (Wildman–Crippen LogP) is 1.28. The van der Waals surface area contributed by atoms with Crippen molar-refractivity contribution in [2.24, 2.45) is 0 Å². The Morgan fingerprint density at radius 2 is 2.12 bits per heavy atom. The maximum absolute atomic E-state index is 11.8. The molecule has 0 aliphatic carbocycles. The van der Waals surface area contributed by atoms with Gasteiger partial charge in [0.05, 0.1) is 5.56 Å². The highest BCUT2D eigenvalue weighted by Crippen LogP contribution is 2.09. The minimum absolute atomic E-state index is 0.283. The van der Waals surface area contributed by atoms with Crippen molar-refractivity contribution in [3.63, 3.8) is 0 Å². The van der Waals surface area contributed by atoms with Gasteiger partial charge in [-0.05, 0) is 19.1 Å². The number of amides is 1. The molecule has 0 saturated heterocycles. The summed E-state index contributed by atoms with van der Waals surface area (Å²) in [6, 6.07) is 2.10. The number of carbonyl (C=O) groups is 2. The topological polar surface area (TPSA) is 70.5 Å². The zero-order chi connectivity index (χ0) is 12.3. The molecule has 0 spiro atoms. The Labute approximate surface area is 97.7 Å². The Morgan fingerprint density at radius 1 is 1.50 bits per heavy atom. The number of aliphatic carboxylic acids is 1. The second-order valence-electron chi connectivity index (χ2n) is 3.30. The minimum Gasteiger partial charge on any atom is -0.480 e. The van der Waals surface area contributed by atoms with Gasteiger partial charge in [0, 0.05) is 13.2 Å². The van der Waals surface area contributed by atoms with Crippen molar-refractivity contribution in [2.75, 3.05) is 7.05 Å². The monoisotopic (exact) mass is 242 g/mol. The van der Waals surface area contributed by atoms with E-state index in [0.717, 1.165) is 4.90 Å². The molecule has 86 valence electrons. The maximum Gasteiger partial charge on any atom is 0.326 e. The van der Waals surface area contributed by atoms with E-state index >= 15 is 0 Å². The van der Waals surface area contributed by atoms with Crippen LogP contribution in [0.2, 0.25) is 5.15 Å². The summed E-state index contributed by atoms with van der Waals surface area (Å²) < 4.78 is 0. The summed E-state index contributed by atoms with van der Waals surface area (Å²) in [5.41, 5.74) is 0.306. The van der Waals surface area contributed by atoms with Crippen LogP contribution in [0.3, 0.4) is 0 Å². The van der Waals surface area contributed by atoms with Gasteiger partial charge in [-0.1, -0.05) is 11.6 Å². The summed E-state index contributed by atoms with van der Waals surface area (Å²) in [5, 5.41) is 9.04. The second-order valence-corrected chi connectivity index (χ2v) is 3.69. The first kappa shape index (κ1) is 12.4. The largest absolute Gasteiger partial charge is 0.480 e. The normalized spacial score (nSPS) is 11.9. The lowest BCUT2D eigenvalue weighted by Gasteiger charge is -2.21. The summed E-state index contributed by atoms with van der Waals surface area (Å²) in [6.07, 6.45) is 1.32. The summed E-state index contributed by atoms with van der Waals surface area (Å²) >= 11 is 5.58. The molecule has 0 aliphatic heterocycles. The summed E-state index contributed by atoms with van der Waals surface area (Å²) in [5.74, 6) is -1.46. The van der Waals surface area contributed by atoms with E-state index in [1.165, 1.54) is 32.3 Å². The van der Waals surface area contributed by atoms with Crippen molar-refractivity contribution in [3.8, 4) is 0 Å². The molecular formula is C10H11ClN2O3. The molecule has 0 aromatic carbocycles. The molecule has 6 heteroatoms. The molecule has 1 heterocycles. The molecule has 1 aromatic heterocycles. The molecule has 1 amide bonds. The van der Waals surface area contributed by atoms with Crippen LogP contribution >= 0.6 is 11.6 Å². The number of halogens is 1. The van der Waals surface area contributed by atoms with Crippen LogP contribution < -0.4 is 0 Å². The molecule has 5 nitrogen and oxygen atoms in total. The fraction of sp³-hybridized carbons (Fsp3) is 0.300. The maximum atomic E-state index is 11.8. The Balaban J connectivity index is 2.86. The van der Waals surface area contributed by atoms with E-state index in [2.05, 4.69) is 4.98 Å². The SMILES string of the molecule is C[C@@H](C(=O)O)N(C)C(=O)c1ccc(Cl)nc1. The van der Waals surface area contributed by atoms with Crippen LogP contribution in [0, 0.1) is 0 Å². The number of hydrogen-bond donors (Lipinski definition) is 1. The molecule has 1 aromatic rings. The fourth-order valence-electron chi connectivity index (χ4n) is 1.05. The van der Waals surface area contributed by atoms with Crippen LogP contribution in [0.1, 0.15) is 17.3 Å². The van der Waals surface area contributed by atoms with Crippen LogP contribution in [0.25, 0.3) is 0 Å². The highest BCUT2D eigenvalue weighted by atomic mass is 35.5. The van der Waals surface area contributed by atoms with Crippen molar-refractivity contribution in [2.45, 2.75) is 13.0 Å². The third kappa shape index (κ3) is 2.70. The van der Waals surface area contributed by atoms with Crippen molar-refractivity contribution < 1.29 is 14.7 Å². The quantitative estimate of drug-likeness (QED) is 0.811. The molecule has 0 bridgehead atoms. The van der Waals surface area contributed by atoms with Crippen LogP contribution in [-0.4, -0.2) is 40.0 Å². The third-order valence-corrected chi connectivity index (χ3v) is 2.46. The fourth-order valence-corrected chi connectivity index (χ4v) is 1.16. The van der Waals surface area contributed by atoms with Gasteiger partial charge < -0.3 is 10.0 Å². The number of carboxylic acids is 1. The molecule has 1 N–H and O–H groups in total. The van der Waals surface area contributed by atoms with Crippen molar-refractivity contribution >= 4 is 23.5 Å². The van der Waals surface area contributed by atoms with Crippen LogP contribution in [-0.2, 0) is 4.79 Å². The van der Waals surface area contributed by atoms with Gasteiger partial charge in [-0.15, -0.1) is 0 Å². The molecule has 1 atom stereocenters. The lowest BCUT2D eigenvalue weighted by molar-refractivity contribution is -0.141. The lowest BCUT2D eigenvalue weighted by atomic mass is 10.2. The van der Waals surface area contributed by atoms with Gasteiger partial charge in [0.25, 0.3) is 5.91 Å².